The number of aryl methyl sites for hydroxylation is 2. The summed E-state index contributed by atoms with van der Waals surface area (Å²) in [4.78, 5) is 25.2. The van der Waals surface area contributed by atoms with Crippen molar-refractivity contribution in [2.75, 3.05) is 17.6 Å². The number of para-hydroxylation sites is 1. The van der Waals surface area contributed by atoms with Crippen molar-refractivity contribution >= 4 is 56.5 Å². The van der Waals surface area contributed by atoms with E-state index in [1.165, 1.54) is 16.6 Å². The molecule has 28 heavy (non-hydrogen) atoms. The summed E-state index contributed by atoms with van der Waals surface area (Å²) in [7, 11) is 0. The molecule has 0 radical (unpaired) electrons. The molecule has 2 heterocycles. The highest BCUT2D eigenvalue weighted by Gasteiger charge is 2.12. The monoisotopic (exact) mass is 480 g/mol. The van der Waals surface area contributed by atoms with E-state index in [1.807, 2.05) is 29.6 Å². The third-order valence-corrected chi connectivity index (χ3v) is 6.16. The molecule has 0 spiro atoms. The highest BCUT2D eigenvalue weighted by atomic mass is 79.9. The van der Waals surface area contributed by atoms with Crippen LogP contribution in [-0.2, 0) is 22.6 Å². The molecule has 8 nitrogen and oxygen atoms in total. The lowest BCUT2D eigenvalue weighted by atomic mass is 10.3. The Bertz CT molecular complexity index is 931. The third-order valence-electron chi connectivity index (χ3n) is 3.58. The Balaban J connectivity index is 1.40. The van der Waals surface area contributed by atoms with E-state index in [-0.39, 0.29) is 24.1 Å². The lowest BCUT2D eigenvalue weighted by Gasteiger charge is -2.08. The van der Waals surface area contributed by atoms with Crippen molar-refractivity contribution in [2.24, 2.45) is 0 Å². The molecule has 0 unspecified atom stereocenters. The summed E-state index contributed by atoms with van der Waals surface area (Å²) in [5, 5.41) is 19.5. The van der Waals surface area contributed by atoms with Crippen LogP contribution < -0.4 is 10.6 Å². The fraction of sp³-hybridized carbons (Fsp3) is 0.235. The summed E-state index contributed by atoms with van der Waals surface area (Å²) in [6.07, 6.45) is 0.831. The number of aromatic nitrogens is 4. The summed E-state index contributed by atoms with van der Waals surface area (Å²) >= 11 is 6.28. The Kier molecular flexibility index (Phi) is 7.57. The topological polar surface area (TPSA) is 102 Å². The number of tetrazole rings is 1. The van der Waals surface area contributed by atoms with Crippen LogP contribution >= 0.6 is 39.0 Å². The number of thiophene rings is 1. The Morgan fingerprint density at radius 1 is 1.18 bits per heavy atom. The number of benzene rings is 1. The van der Waals surface area contributed by atoms with Crippen LogP contribution in [0.15, 0.2) is 51.4 Å². The molecule has 0 saturated carbocycles. The van der Waals surface area contributed by atoms with Crippen LogP contribution in [0.3, 0.4) is 0 Å². The molecule has 0 atom stereocenters. The molecule has 0 bridgehead atoms. The predicted molar refractivity (Wildman–Crippen MR) is 112 cm³/mol. The third kappa shape index (κ3) is 6.14. The van der Waals surface area contributed by atoms with E-state index in [1.54, 1.807) is 22.1 Å². The van der Waals surface area contributed by atoms with Crippen molar-refractivity contribution in [2.45, 2.75) is 18.1 Å². The molecule has 0 saturated heterocycles. The van der Waals surface area contributed by atoms with Crippen LogP contribution in [-0.4, -0.2) is 44.3 Å². The van der Waals surface area contributed by atoms with Gasteiger partial charge in [0.15, 0.2) is 0 Å². The lowest BCUT2D eigenvalue weighted by molar-refractivity contribution is -0.122. The van der Waals surface area contributed by atoms with Gasteiger partial charge in [0.05, 0.1) is 24.5 Å². The van der Waals surface area contributed by atoms with Gasteiger partial charge in [-0.25, -0.2) is 4.68 Å². The maximum atomic E-state index is 12.0. The van der Waals surface area contributed by atoms with E-state index >= 15 is 0 Å². The molecule has 2 N–H and O–H groups in total. The van der Waals surface area contributed by atoms with Gasteiger partial charge in [-0.1, -0.05) is 30.0 Å². The molecule has 0 fully saturated rings. The molecular weight excluding hydrogens is 464 g/mol. The summed E-state index contributed by atoms with van der Waals surface area (Å²) in [5.74, 6) is -0.437. The molecule has 0 aliphatic carbocycles. The Hall–Kier alpha value is -2.24. The number of hydrogen-bond donors (Lipinski definition) is 2. The first-order valence-electron chi connectivity index (χ1n) is 8.34. The average molecular weight is 481 g/mol. The maximum absolute atomic E-state index is 12.0. The highest BCUT2D eigenvalue weighted by Crippen LogP contribution is 2.21. The number of rotatable bonds is 9. The Morgan fingerprint density at radius 2 is 2.04 bits per heavy atom. The van der Waals surface area contributed by atoms with E-state index < -0.39 is 0 Å². The number of amides is 2. The second kappa shape index (κ2) is 10.3. The van der Waals surface area contributed by atoms with Crippen molar-refractivity contribution in [3.05, 3.63) is 51.1 Å². The van der Waals surface area contributed by atoms with Gasteiger partial charge in [0.1, 0.15) is 0 Å². The minimum Gasteiger partial charge on any atom is -0.346 e. The van der Waals surface area contributed by atoms with Crippen molar-refractivity contribution in [1.29, 1.82) is 0 Å². The maximum Gasteiger partial charge on any atom is 0.243 e. The minimum absolute atomic E-state index is 0.107. The molecule has 2 amide bonds. The highest BCUT2D eigenvalue weighted by molar-refractivity contribution is 9.10. The van der Waals surface area contributed by atoms with Gasteiger partial charge in [0.2, 0.25) is 17.0 Å². The number of hydrogen-bond acceptors (Lipinski definition) is 7. The summed E-state index contributed by atoms with van der Waals surface area (Å²) in [6, 6.07) is 11.3. The normalized spacial score (nSPS) is 10.6. The molecule has 0 aliphatic heterocycles. The van der Waals surface area contributed by atoms with Gasteiger partial charge >= 0.3 is 0 Å². The first-order chi connectivity index (χ1) is 13.6. The van der Waals surface area contributed by atoms with Gasteiger partial charge in [-0.05, 0) is 49.9 Å². The van der Waals surface area contributed by atoms with E-state index in [0.717, 1.165) is 10.9 Å². The van der Waals surface area contributed by atoms with Gasteiger partial charge in [0, 0.05) is 15.8 Å². The standard InChI is InChI=1S/C17H17BrN6O2S2/c18-13-5-1-2-6-14(13)20-15(25)10-19-16(26)11-28-17-21-22-23-24(17)8-7-12-4-3-9-27-12/h1-6,9H,7-8,10-11H2,(H,19,26)(H,20,25). The summed E-state index contributed by atoms with van der Waals surface area (Å²) < 4.78 is 2.46. The van der Waals surface area contributed by atoms with Crippen molar-refractivity contribution in [3.63, 3.8) is 0 Å². The van der Waals surface area contributed by atoms with Crippen LogP contribution in [0, 0.1) is 0 Å². The molecule has 2 aromatic heterocycles. The predicted octanol–water partition coefficient (Wildman–Crippen LogP) is 2.59. The van der Waals surface area contributed by atoms with E-state index in [9.17, 15) is 9.59 Å². The van der Waals surface area contributed by atoms with Gasteiger partial charge in [-0.2, -0.15) is 0 Å². The number of halogens is 1. The fourth-order valence-electron chi connectivity index (χ4n) is 2.23. The largest absolute Gasteiger partial charge is 0.346 e. The first kappa shape index (κ1) is 20.5. The van der Waals surface area contributed by atoms with Crippen LogP contribution in [0.25, 0.3) is 0 Å². The molecular formula is C17H17BrN6O2S2. The van der Waals surface area contributed by atoms with Gasteiger partial charge in [-0.15, -0.1) is 16.4 Å². The van der Waals surface area contributed by atoms with Crippen LogP contribution in [0.5, 0.6) is 0 Å². The van der Waals surface area contributed by atoms with Crippen LogP contribution in [0.4, 0.5) is 5.69 Å². The molecule has 146 valence electrons. The van der Waals surface area contributed by atoms with Gasteiger partial charge in [-0.3, -0.25) is 9.59 Å². The van der Waals surface area contributed by atoms with Crippen molar-refractivity contribution in [1.82, 2.24) is 25.5 Å². The smallest absolute Gasteiger partial charge is 0.243 e. The number of thioether (sulfide) groups is 1. The van der Waals surface area contributed by atoms with Crippen molar-refractivity contribution in [3.8, 4) is 0 Å². The second-order valence-corrected chi connectivity index (χ2v) is 8.44. The molecule has 3 rings (SSSR count). The van der Waals surface area contributed by atoms with Crippen LogP contribution in [0.1, 0.15) is 4.88 Å². The van der Waals surface area contributed by atoms with E-state index in [2.05, 4.69) is 48.2 Å². The minimum atomic E-state index is -0.300. The SMILES string of the molecule is O=C(CSc1nnnn1CCc1cccs1)NCC(=O)Nc1ccccc1Br. The van der Waals surface area contributed by atoms with Crippen LogP contribution in [0.2, 0.25) is 0 Å². The molecule has 0 aliphatic rings. The lowest BCUT2D eigenvalue weighted by Crippen LogP contribution is -2.34. The van der Waals surface area contributed by atoms with E-state index in [4.69, 9.17) is 0 Å². The Labute approximate surface area is 178 Å². The van der Waals surface area contributed by atoms with Gasteiger partial charge < -0.3 is 10.6 Å². The second-order valence-electron chi connectivity index (χ2n) is 5.61. The zero-order valence-electron chi connectivity index (χ0n) is 14.7. The Morgan fingerprint density at radius 3 is 2.82 bits per heavy atom. The van der Waals surface area contributed by atoms with Gasteiger partial charge in [0.25, 0.3) is 0 Å². The number of carbonyl (C=O) groups excluding carboxylic acids is 2. The quantitative estimate of drug-likeness (QED) is 0.456. The molecule has 3 aromatic rings. The van der Waals surface area contributed by atoms with E-state index in [0.29, 0.717) is 17.4 Å². The van der Waals surface area contributed by atoms with Crippen molar-refractivity contribution < 1.29 is 9.59 Å². The summed E-state index contributed by atoms with van der Waals surface area (Å²) in [6.45, 7) is 0.538. The number of nitrogens with zero attached hydrogens (tertiary/aromatic N) is 4. The molecule has 11 heteroatoms. The number of anilines is 1. The average Bonchev–Trinajstić information content (AvgIpc) is 3.36. The zero-order valence-corrected chi connectivity index (χ0v) is 17.9. The first-order valence-corrected chi connectivity index (χ1v) is 11.0. The summed E-state index contributed by atoms with van der Waals surface area (Å²) in [5.41, 5.74) is 0.654. The fourth-order valence-corrected chi connectivity index (χ4v) is 4.04. The number of nitrogens with one attached hydrogen (secondary N) is 2. The molecule has 1 aromatic carbocycles. The zero-order chi connectivity index (χ0) is 19.8. The number of carbonyl (C=O) groups is 2.